The Bertz CT molecular complexity index is 609. The molecular formula is C14H22N2O5S. The number of ether oxygens (including phenoxy) is 1. The molecule has 0 aliphatic carbocycles. The minimum Gasteiger partial charge on any atom is -0.386 e. The summed E-state index contributed by atoms with van der Waals surface area (Å²) in [5.74, 6) is -0.398. The maximum Gasteiger partial charge on any atom is 0.251 e. The first-order chi connectivity index (χ1) is 10.1. The van der Waals surface area contributed by atoms with Gasteiger partial charge in [0.2, 0.25) is 10.0 Å². The lowest BCUT2D eigenvalue weighted by Crippen LogP contribution is -2.43. The Kier molecular flexibility index (Phi) is 6.07. The predicted octanol–water partition coefficient (Wildman–Crippen LogP) is 0.0641. The summed E-state index contributed by atoms with van der Waals surface area (Å²) >= 11 is 0. The topological polar surface area (TPSA) is 95.9 Å². The fraction of sp³-hybridized carbons (Fsp3) is 0.500. The second kappa shape index (κ2) is 7.19. The number of amides is 1. The summed E-state index contributed by atoms with van der Waals surface area (Å²) in [6.45, 7) is 1.66. The van der Waals surface area contributed by atoms with E-state index in [0.29, 0.717) is 5.56 Å². The number of aliphatic hydroxyl groups is 1. The molecule has 0 saturated carbocycles. The van der Waals surface area contributed by atoms with Crippen LogP contribution in [0.2, 0.25) is 0 Å². The van der Waals surface area contributed by atoms with E-state index in [1.54, 1.807) is 6.92 Å². The van der Waals surface area contributed by atoms with Crippen molar-refractivity contribution in [2.24, 2.45) is 0 Å². The van der Waals surface area contributed by atoms with E-state index < -0.39 is 21.5 Å². The molecule has 0 bridgehead atoms. The van der Waals surface area contributed by atoms with Gasteiger partial charge in [0.1, 0.15) is 5.60 Å². The van der Waals surface area contributed by atoms with Crippen LogP contribution in [-0.2, 0) is 14.8 Å². The van der Waals surface area contributed by atoms with E-state index in [2.05, 4.69) is 5.32 Å². The van der Waals surface area contributed by atoms with Gasteiger partial charge in [0.15, 0.2) is 0 Å². The molecule has 1 unspecified atom stereocenters. The standard InChI is InChI=1S/C14H22N2O5S/c1-14(18,10-21-4)9-15-13(17)11-5-7-12(8-6-11)22(19,20)16(2)3/h5-8,18H,9-10H2,1-4H3,(H,15,17). The zero-order valence-corrected chi connectivity index (χ0v) is 14.0. The van der Waals surface area contributed by atoms with Gasteiger partial charge in [0.25, 0.3) is 5.91 Å². The monoisotopic (exact) mass is 330 g/mol. The molecule has 22 heavy (non-hydrogen) atoms. The van der Waals surface area contributed by atoms with Crippen LogP contribution in [0.4, 0.5) is 0 Å². The normalized spacial score (nSPS) is 14.6. The van der Waals surface area contributed by atoms with Crippen molar-refractivity contribution in [3.8, 4) is 0 Å². The van der Waals surface area contributed by atoms with Crippen molar-refractivity contribution in [1.82, 2.24) is 9.62 Å². The lowest BCUT2D eigenvalue weighted by atomic mass is 10.1. The third kappa shape index (κ3) is 4.77. The van der Waals surface area contributed by atoms with Crippen LogP contribution in [0.5, 0.6) is 0 Å². The molecule has 1 rings (SSSR count). The van der Waals surface area contributed by atoms with Crippen molar-refractivity contribution in [3.63, 3.8) is 0 Å². The second-order valence-electron chi connectivity index (χ2n) is 5.42. The summed E-state index contributed by atoms with van der Waals surface area (Å²) in [6, 6.07) is 5.60. The summed E-state index contributed by atoms with van der Waals surface area (Å²) in [6.07, 6.45) is 0. The molecule has 0 aliphatic heterocycles. The second-order valence-corrected chi connectivity index (χ2v) is 7.58. The summed E-state index contributed by atoms with van der Waals surface area (Å²) < 4.78 is 29.8. The molecule has 0 radical (unpaired) electrons. The minimum absolute atomic E-state index is 0.0252. The molecule has 1 atom stereocenters. The Morgan fingerprint density at radius 1 is 1.32 bits per heavy atom. The van der Waals surface area contributed by atoms with Crippen molar-refractivity contribution in [2.45, 2.75) is 17.4 Å². The quantitative estimate of drug-likeness (QED) is 0.737. The molecule has 8 heteroatoms. The molecule has 1 amide bonds. The molecule has 1 aromatic carbocycles. The van der Waals surface area contributed by atoms with Crippen LogP contribution in [-0.4, -0.2) is 63.7 Å². The average molecular weight is 330 g/mol. The van der Waals surface area contributed by atoms with E-state index in [1.807, 2.05) is 0 Å². The Balaban J connectivity index is 2.77. The van der Waals surface area contributed by atoms with Crippen LogP contribution in [0, 0.1) is 0 Å². The van der Waals surface area contributed by atoms with E-state index in [-0.39, 0.29) is 18.0 Å². The number of carbonyl (C=O) groups excluding carboxylic acids is 1. The van der Waals surface area contributed by atoms with Gasteiger partial charge in [-0.05, 0) is 31.2 Å². The average Bonchev–Trinajstić information content (AvgIpc) is 2.44. The summed E-state index contributed by atoms with van der Waals surface area (Å²) in [7, 11) is 0.818. The van der Waals surface area contributed by atoms with Gasteiger partial charge in [0, 0.05) is 33.3 Å². The first-order valence-corrected chi connectivity index (χ1v) is 8.06. The summed E-state index contributed by atoms with van der Waals surface area (Å²) in [4.78, 5) is 12.1. The number of carbonyl (C=O) groups is 1. The lowest BCUT2D eigenvalue weighted by molar-refractivity contribution is -0.0147. The molecule has 0 fully saturated rings. The van der Waals surface area contributed by atoms with Gasteiger partial charge in [-0.2, -0.15) is 0 Å². The van der Waals surface area contributed by atoms with Gasteiger partial charge in [0.05, 0.1) is 11.5 Å². The van der Waals surface area contributed by atoms with Crippen LogP contribution >= 0.6 is 0 Å². The molecule has 0 heterocycles. The third-order valence-corrected chi connectivity index (χ3v) is 4.81. The third-order valence-electron chi connectivity index (χ3n) is 2.98. The van der Waals surface area contributed by atoms with Crippen molar-refractivity contribution in [3.05, 3.63) is 29.8 Å². The molecule has 0 aliphatic rings. The predicted molar refractivity (Wildman–Crippen MR) is 82.1 cm³/mol. The van der Waals surface area contributed by atoms with Crippen LogP contribution in [0.3, 0.4) is 0 Å². The number of rotatable bonds is 7. The molecule has 0 aromatic heterocycles. The van der Waals surface area contributed by atoms with Gasteiger partial charge in [-0.25, -0.2) is 12.7 Å². The van der Waals surface area contributed by atoms with Crippen LogP contribution < -0.4 is 5.32 Å². The highest BCUT2D eigenvalue weighted by molar-refractivity contribution is 7.89. The van der Waals surface area contributed by atoms with E-state index in [9.17, 15) is 18.3 Å². The van der Waals surface area contributed by atoms with Gasteiger partial charge >= 0.3 is 0 Å². The number of hydrogen-bond donors (Lipinski definition) is 2. The molecule has 1 aromatic rings. The Morgan fingerprint density at radius 2 is 1.86 bits per heavy atom. The van der Waals surface area contributed by atoms with E-state index in [1.165, 1.54) is 45.5 Å². The zero-order chi connectivity index (χ0) is 17.0. The van der Waals surface area contributed by atoms with E-state index >= 15 is 0 Å². The van der Waals surface area contributed by atoms with Gasteiger partial charge in [-0.15, -0.1) is 0 Å². The Labute approximate surface area is 130 Å². The highest BCUT2D eigenvalue weighted by atomic mass is 32.2. The van der Waals surface area contributed by atoms with Crippen molar-refractivity contribution in [1.29, 1.82) is 0 Å². The highest BCUT2D eigenvalue weighted by Crippen LogP contribution is 2.14. The number of nitrogens with one attached hydrogen (secondary N) is 1. The number of nitrogens with zero attached hydrogens (tertiary/aromatic N) is 1. The fourth-order valence-electron chi connectivity index (χ4n) is 1.72. The molecule has 2 N–H and O–H groups in total. The van der Waals surface area contributed by atoms with Crippen LogP contribution in [0.1, 0.15) is 17.3 Å². The van der Waals surface area contributed by atoms with Crippen LogP contribution in [0.15, 0.2) is 29.2 Å². The smallest absolute Gasteiger partial charge is 0.251 e. The molecule has 7 nitrogen and oxygen atoms in total. The zero-order valence-electron chi connectivity index (χ0n) is 13.2. The molecule has 124 valence electrons. The molecule has 0 spiro atoms. The Morgan fingerprint density at radius 3 is 2.32 bits per heavy atom. The number of sulfonamides is 1. The van der Waals surface area contributed by atoms with Crippen molar-refractivity contribution < 1.29 is 23.1 Å². The number of methoxy groups -OCH3 is 1. The van der Waals surface area contributed by atoms with E-state index in [4.69, 9.17) is 4.74 Å². The summed E-state index contributed by atoms with van der Waals surface area (Å²) in [5, 5.41) is 12.5. The van der Waals surface area contributed by atoms with Gasteiger partial charge in [-0.1, -0.05) is 0 Å². The maximum absolute atomic E-state index is 12.0. The maximum atomic E-state index is 12.0. The first kappa shape index (κ1) is 18.6. The lowest BCUT2D eigenvalue weighted by Gasteiger charge is -2.22. The minimum atomic E-state index is -3.52. The SMILES string of the molecule is COCC(C)(O)CNC(=O)c1ccc(S(=O)(=O)N(C)C)cc1. The van der Waals surface area contributed by atoms with Crippen molar-refractivity contribution in [2.75, 3.05) is 34.4 Å². The fourth-order valence-corrected chi connectivity index (χ4v) is 2.63. The van der Waals surface area contributed by atoms with Gasteiger partial charge in [-0.3, -0.25) is 4.79 Å². The first-order valence-electron chi connectivity index (χ1n) is 6.62. The largest absolute Gasteiger partial charge is 0.386 e. The van der Waals surface area contributed by atoms with Gasteiger partial charge < -0.3 is 15.2 Å². The molecular weight excluding hydrogens is 308 g/mol. The van der Waals surface area contributed by atoms with E-state index in [0.717, 1.165) is 4.31 Å². The molecule has 0 saturated heterocycles. The highest BCUT2D eigenvalue weighted by Gasteiger charge is 2.22. The summed E-state index contributed by atoms with van der Waals surface area (Å²) in [5.41, 5.74) is -0.857. The Hall–Kier alpha value is -1.48. The van der Waals surface area contributed by atoms with Crippen molar-refractivity contribution >= 4 is 15.9 Å². The number of benzene rings is 1. The van der Waals surface area contributed by atoms with Crippen LogP contribution in [0.25, 0.3) is 0 Å². The number of hydrogen-bond acceptors (Lipinski definition) is 5.